The first-order valence-electron chi connectivity index (χ1n) is 11.9. The van der Waals surface area contributed by atoms with E-state index in [1.54, 1.807) is 66.1 Å². The molecule has 0 aliphatic carbocycles. The fourth-order valence-corrected chi connectivity index (χ4v) is 4.85. The van der Waals surface area contributed by atoms with Crippen molar-refractivity contribution >= 4 is 62.8 Å². The number of ether oxygens (including phenoxy) is 1. The van der Waals surface area contributed by atoms with E-state index in [0.717, 1.165) is 11.8 Å². The van der Waals surface area contributed by atoms with Gasteiger partial charge in [0.1, 0.15) is 5.82 Å². The number of carbonyl (C=O) groups excluding carboxylic acids is 3. The van der Waals surface area contributed by atoms with Crippen LogP contribution in [-0.4, -0.2) is 44.9 Å². The molecule has 4 aromatic rings. The van der Waals surface area contributed by atoms with Gasteiger partial charge < -0.3 is 15.4 Å². The summed E-state index contributed by atoms with van der Waals surface area (Å²) in [4.78, 5) is 37.2. The Bertz CT molecular complexity index is 1530. The molecule has 3 aromatic carbocycles. The lowest BCUT2D eigenvalue weighted by Crippen LogP contribution is -2.25. The Kier molecular flexibility index (Phi) is 9.91. The number of amides is 2. The molecule has 0 radical (unpaired) electrons. The summed E-state index contributed by atoms with van der Waals surface area (Å²) in [6, 6.07) is 16.9. The van der Waals surface area contributed by atoms with Crippen LogP contribution in [0.15, 0.2) is 76.4 Å². The van der Waals surface area contributed by atoms with Crippen LogP contribution in [0.3, 0.4) is 0 Å². The molecule has 206 valence electrons. The summed E-state index contributed by atoms with van der Waals surface area (Å²) in [7, 11) is 0. The van der Waals surface area contributed by atoms with Gasteiger partial charge in [-0.15, -0.1) is 10.2 Å². The summed E-state index contributed by atoms with van der Waals surface area (Å²) < 4.78 is 20.9. The van der Waals surface area contributed by atoms with Gasteiger partial charge in [-0.05, 0) is 73.7 Å². The van der Waals surface area contributed by atoms with Crippen LogP contribution in [-0.2, 0) is 16.1 Å². The highest BCUT2D eigenvalue weighted by Crippen LogP contribution is 2.24. The number of esters is 1. The van der Waals surface area contributed by atoms with E-state index in [1.807, 2.05) is 0 Å². The number of aromatic nitrogens is 3. The number of nitrogens with zero attached hydrogens (tertiary/aromatic N) is 3. The van der Waals surface area contributed by atoms with E-state index in [0.29, 0.717) is 37.4 Å². The van der Waals surface area contributed by atoms with Crippen molar-refractivity contribution in [2.24, 2.45) is 0 Å². The molecule has 40 heavy (non-hydrogen) atoms. The average molecular weight is 647 g/mol. The third kappa shape index (κ3) is 7.46. The van der Waals surface area contributed by atoms with Crippen molar-refractivity contribution < 1.29 is 23.5 Å². The molecule has 0 fully saturated rings. The Morgan fingerprint density at radius 1 is 1.05 bits per heavy atom. The van der Waals surface area contributed by atoms with E-state index in [1.165, 1.54) is 12.1 Å². The molecule has 1 aromatic heterocycles. The van der Waals surface area contributed by atoms with Gasteiger partial charge in [0.2, 0.25) is 5.91 Å². The number of nitrogens with one attached hydrogen (secondary N) is 2. The monoisotopic (exact) mass is 645 g/mol. The Hall–Kier alpha value is -3.74. The molecule has 0 saturated heterocycles. The normalized spacial score (nSPS) is 10.7. The molecule has 0 bridgehead atoms. The van der Waals surface area contributed by atoms with Crippen molar-refractivity contribution in [2.45, 2.75) is 18.6 Å². The second-order valence-corrected chi connectivity index (χ2v) is 10.4. The van der Waals surface area contributed by atoms with Gasteiger partial charge in [-0.3, -0.25) is 14.2 Å². The fraction of sp³-hybridized carbons (Fsp3) is 0.148. The third-order valence-electron chi connectivity index (χ3n) is 5.38. The largest absolute Gasteiger partial charge is 0.462 e. The van der Waals surface area contributed by atoms with Crippen LogP contribution in [0.1, 0.15) is 33.5 Å². The Labute approximate surface area is 246 Å². The predicted octanol–water partition coefficient (Wildman–Crippen LogP) is 5.66. The average Bonchev–Trinajstić information content (AvgIpc) is 3.35. The van der Waals surface area contributed by atoms with Crippen LogP contribution in [0.5, 0.6) is 0 Å². The lowest BCUT2D eigenvalue weighted by molar-refractivity contribution is -0.113. The molecule has 4 rings (SSSR count). The van der Waals surface area contributed by atoms with Crippen LogP contribution in [0.4, 0.5) is 10.1 Å². The molecule has 0 aliphatic rings. The van der Waals surface area contributed by atoms with Crippen LogP contribution in [0, 0.1) is 5.82 Å². The van der Waals surface area contributed by atoms with Gasteiger partial charge in [0.15, 0.2) is 11.0 Å². The SMILES string of the molecule is CCOC(=O)c1ccc(NC(=O)CSc2nnc(CNC(=O)c3cc(Br)ccc3Cl)n2-c2ccc(F)cc2)cc1. The van der Waals surface area contributed by atoms with E-state index >= 15 is 0 Å². The molecule has 9 nitrogen and oxygen atoms in total. The summed E-state index contributed by atoms with van der Waals surface area (Å²) in [5, 5.41) is 14.6. The lowest BCUT2D eigenvalue weighted by atomic mass is 10.2. The maximum Gasteiger partial charge on any atom is 0.338 e. The minimum Gasteiger partial charge on any atom is -0.462 e. The molecule has 0 spiro atoms. The summed E-state index contributed by atoms with van der Waals surface area (Å²) in [6.07, 6.45) is 0. The van der Waals surface area contributed by atoms with Crippen LogP contribution in [0.25, 0.3) is 5.69 Å². The number of benzene rings is 3. The maximum atomic E-state index is 13.6. The van der Waals surface area contributed by atoms with Crippen molar-refractivity contribution in [1.82, 2.24) is 20.1 Å². The van der Waals surface area contributed by atoms with Gasteiger partial charge in [-0.2, -0.15) is 0 Å². The molecule has 0 atom stereocenters. The molecule has 0 unspecified atom stereocenters. The minimum absolute atomic E-state index is 0.00831. The number of thioether (sulfide) groups is 1. The van der Waals surface area contributed by atoms with Crippen molar-refractivity contribution in [3.63, 3.8) is 0 Å². The van der Waals surface area contributed by atoms with E-state index in [2.05, 4.69) is 36.8 Å². The van der Waals surface area contributed by atoms with Crippen LogP contribution in [0.2, 0.25) is 5.02 Å². The molecular weight excluding hydrogens is 625 g/mol. The number of anilines is 1. The fourth-order valence-electron chi connectivity index (χ4n) is 3.52. The molecule has 1 heterocycles. The van der Waals surface area contributed by atoms with E-state index in [4.69, 9.17) is 16.3 Å². The van der Waals surface area contributed by atoms with Crippen molar-refractivity contribution in [3.8, 4) is 5.69 Å². The Balaban J connectivity index is 1.46. The Morgan fingerprint density at radius 2 is 1.77 bits per heavy atom. The highest BCUT2D eigenvalue weighted by Gasteiger charge is 2.18. The number of hydrogen-bond acceptors (Lipinski definition) is 7. The van der Waals surface area contributed by atoms with Crippen LogP contribution < -0.4 is 10.6 Å². The maximum absolute atomic E-state index is 13.6. The Morgan fingerprint density at radius 3 is 2.48 bits per heavy atom. The molecule has 2 N–H and O–H groups in total. The van der Waals surface area contributed by atoms with Gasteiger partial charge in [-0.25, -0.2) is 9.18 Å². The highest BCUT2D eigenvalue weighted by molar-refractivity contribution is 9.10. The lowest BCUT2D eigenvalue weighted by Gasteiger charge is -2.12. The summed E-state index contributed by atoms with van der Waals surface area (Å²) in [5.41, 5.74) is 1.72. The van der Waals surface area contributed by atoms with Gasteiger partial charge >= 0.3 is 5.97 Å². The molecule has 13 heteroatoms. The first kappa shape index (κ1) is 29.2. The van der Waals surface area contributed by atoms with Crippen molar-refractivity contribution in [2.75, 3.05) is 17.7 Å². The third-order valence-corrected chi connectivity index (χ3v) is 7.13. The second kappa shape index (κ2) is 13.6. The minimum atomic E-state index is -0.442. The summed E-state index contributed by atoms with van der Waals surface area (Å²) >= 11 is 10.6. The van der Waals surface area contributed by atoms with E-state index in [-0.39, 0.29) is 30.4 Å². The smallest absolute Gasteiger partial charge is 0.338 e. The van der Waals surface area contributed by atoms with Crippen molar-refractivity contribution in [3.05, 3.63) is 99.0 Å². The zero-order valence-corrected chi connectivity index (χ0v) is 24.1. The zero-order valence-electron chi connectivity index (χ0n) is 21.0. The summed E-state index contributed by atoms with van der Waals surface area (Å²) in [6.45, 7) is 1.98. The first-order valence-corrected chi connectivity index (χ1v) is 14.0. The number of halogens is 3. The summed E-state index contributed by atoms with van der Waals surface area (Å²) in [5.74, 6) is -1.24. The van der Waals surface area contributed by atoms with E-state index < -0.39 is 17.7 Å². The van der Waals surface area contributed by atoms with Gasteiger partial charge in [0, 0.05) is 15.8 Å². The molecular formula is C27H22BrClFN5O4S. The number of rotatable bonds is 10. The highest BCUT2D eigenvalue weighted by atomic mass is 79.9. The molecule has 0 aliphatic heterocycles. The predicted molar refractivity (Wildman–Crippen MR) is 153 cm³/mol. The van der Waals surface area contributed by atoms with Crippen LogP contribution >= 0.6 is 39.3 Å². The zero-order chi connectivity index (χ0) is 28.6. The molecule has 2 amide bonds. The topological polar surface area (TPSA) is 115 Å². The standard InChI is InChI=1S/C27H22BrClFN5O4S/c1-2-39-26(38)16-3-8-19(9-4-16)32-24(36)15-40-27-34-33-23(35(27)20-10-6-18(30)7-11-20)14-31-25(37)21-13-17(28)5-12-22(21)29/h3-13H,2,14-15H2,1H3,(H,31,37)(H,32,36). The number of carbonyl (C=O) groups is 3. The van der Waals surface area contributed by atoms with E-state index in [9.17, 15) is 18.8 Å². The van der Waals surface area contributed by atoms with Gasteiger partial charge in [0.25, 0.3) is 5.91 Å². The van der Waals surface area contributed by atoms with Crippen molar-refractivity contribution in [1.29, 1.82) is 0 Å². The van der Waals surface area contributed by atoms with Gasteiger partial charge in [0.05, 0.1) is 35.1 Å². The second-order valence-electron chi connectivity index (χ2n) is 8.15. The number of hydrogen-bond donors (Lipinski definition) is 2. The quantitative estimate of drug-likeness (QED) is 0.169. The first-order chi connectivity index (χ1) is 19.2. The van der Waals surface area contributed by atoms with Gasteiger partial charge in [-0.1, -0.05) is 39.3 Å². The molecule has 0 saturated carbocycles.